The van der Waals surface area contributed by atoms with Crippen molar-refractivity contribution in [1.82, 2.24) is 14.8 Å². The lowest BCUT2D eigenvalue weighted by atomic mass is 10.0. The first-order valence-electron chi connectivity index (χ1n) is 9.14. The van der Waals surface area contributed by atoms with E-state index in [1.54, 1.807) is 0 Å². The lowest BCUT2D eigenvalue weighted by Gasteiger charge is -2.32. The Bertz CT molecular complexity index is 761. The van der Waals surface area contributed by atoms with Gasteiger partial charge < -0.3 is 9.88 Å². The van der Waals surface area contributed by atoms with E-state index >= 15 is 0 Å². The molecule has 1 aliphatic rings. The quantitative estimate of drug-likeness (QED) is 0.911. The minimum Gasteiger partial charge on any atom is -0.340 e. The SMILES string of the molecule is Cc1ccccc1CN1CCC(NCc2cc(C#N)n(C)c2C)CC1. The van der Waals surface area contributed by atoms with Crippen LogP contribution in [0, 0.1) is 25.2 Å². The molecule has 0 spiro atoms. The molecule has 1 aromatic heterocycles. The number of rotatable bonds is 5. The Balaban J connectivity index is 1.48. The Morgan fingerprint density at radius 1 is 1.16 bits per heavy atom. The largest absolute Gasteiger partial charge is 0.340 e. The average molecular weight is 336 g/mol. The average Bonchev–Trinajstić information content (AvgIpc) is 2.91. The predicted molar refractivity (Wildman–Crippen MR) is 101 cm³/mol. The van der Waals surface area contributed by atoms with Crippen molar-refractivity contribution in [3.63, 3.8) is 0 Å². The molecule has 132 valence electrons. The molecule has 0 aliphatic carbocycles. The van der Waals surface area contributed by atoms with Crippen LogP contribution in [0.3, 0.4) is 0 Å². The van der Waals surface area contributed by atoms with E-state index in [0.717, 1.165) is 31.9 Å². The second-order valence-corrected chi connectivity index (χ2v) is 7.17. The van der Waals surface area contributed by atoms with Gasteiger partial charge in [-0.15, -0.1) is 0 Å². The molecular formula is C21H28N4. The van der Waals surface area contributed by atoms with E-state index in [0.29, 0.717) is 6.04 Å². The standard InChI is InChI=1S/C21H28N4/c1-16-6-4-5-7-18(16)15-25-10-8-20(9-11-25)23-14-19-12-21(13-22)24(3)17(19)2/h4-7,12,20,23H,8-11,14-15H2,1-3H3. The fourth-order valence-electron chi connectivity index (χ4n) is 3.63. The highest BCUT2D eigenvalue weighted by Gasteiger charge is 2.20. The monoisotopic (exact) mass is 336 g/mol. The normalized spacial score (nSPS) is 16.1. The molecular weight excluding hydrogens is 308 g/mol. The first-order valence-corrected chi connectivity index (χ1v) is 9.14. The third-order valence-corrected chi connectivity index (χ3v) is 5.58. The second kappa shape index (κ2) is 7.86. The summed E-state index contributed by atoms with van der Waals surface area (Å²) in [5.41, 5.74) is 5.98. The number of aromatic nitrogens is 1. The zero-order valence-corrected chi connectivity index (χ0v) is 15.5. The summed E-state index contributed by atoms with van der Waals surface area (Å²) in [6.07, 6.45) is 2.37. The van der Waals surface area contributed by atoms with E-state index in [1.807, 2.05) is 17.7 Å². The molecule has 0 atom stereocenters. The van der Waals surface area contributed by atoms with Gasteiger partial charge in [-0.2, -0.15) is 5.26 Å². The van der Waals surface area contributed by atoms with Crippen LogP contribution >= 0.6 is 0 Å². The predicted octanol–water partition coefficient (Wildman–Crippen LogP) is 3.27. The first kappa shape index (κ1) is 17.7. The molecule has 25 heavy (non-hydrogen) atoms. The Kier molecular flexibility index (Phi) is 5.57. The van der Waals surface area contributed by atoms with E-state index in [9.17, 15) is 0 Å². The van der Waals surface area contributed by atoms with Crippen molar-refractivity contribution in [1.29, 1.82) is 5.26 Å². The number of hydrogen-bond donors (Lipinski definition) is 1. The van der Waals surface area contributed by atoms with Crippen molar-refractivity contribution in [2.24, 2.45) is 7.05 Å². The van der Waals surface area contributed by atoms with Crippen LogP contribution in [0.2, 0.25) is 0 Å². The zero-order valence-electron chi connectivity index (χ0n) is 15.5. The Hall–Kier alpha value is -2.09. The number of benzene rings is 1. The number of likely N-dealkylation sites (tertiary alicyclic amines) is 1. The molecule has 1 N–H and O–H groups in total. The molecule has 0 amide bonds. The molecule has 3 rings (SSSR count). The Morgan fingerprint density at radius 2 is 1.88 bits per heavy atom. The summed E-state index contributed by atoms with van der Waals surface area (Å²) in [6, 6.07) is 13.5. The van der Waals surface area contributed by atoms with Crippen molar-refractivity contribution >= 4 is 0 Å². The third-order valence-electron chi connectivity index (χ3n) is 5.58. The molecule has 2 heterocycles. The van der Waals surface area contributed by atoms with Crippen LogP contribution in [-0.2, 0) is 20.1 Å². The highest BCUT2D eigenvalue weighted by molar-refractivity contribution is 5.34. The van der Waals surface area contributed by atoms with Gasteiger partial charge in [-0.05, 0) is 62.5 Å². The van der Waals surface area contributed by atoms with Gasteiger partial charge >= 0.3 is 0 Å². The zero-order chi connectivity index (χ0) is 17.8. The van der Waals surface area contributed by atoms with Crippen molar-refractivity contribution < 1.29 is 0 Å². The van der Waals surface area contributed by atoms with E-state index in [4.69, 9.17) is 5.26 Å². The summed E-state index contributed by atoms with van der Waals surface area (Å²) in [5.74, 6) is 0. The minimum atomic E-state index is 0.568. The fraction of sp³-hybridized carbons (Fsp3) is 0.476. The molecule has 0 bridgehead atoms. The van der Waals surface area contributed by atoms with E-state index in [1.165, 1.54) is 35.2 Å². The minimum absolute atomic E-state index is 0.568. The summed E-state index contributed by atoms with van der Waals surface area (Å²) in [5, 5.41) is 12.8. The van der Waals surface area contributed by atoms with E-state index < -0.39 is 0 Å². The van der Waals surface area contributed by atoms with Gasteiger partial charge in [-0.1, -0.05) is 24.3 Å². The number of nitrogens with zero attached hydrogens (tertiary/aromatic N) is 3. The van der Waals surface area contributed by atoms with Crippen molar-refractivity contribution in [2.45, 2.75) is 45.8 Å². The van der Waals surface area contributed by atoms with Crippen LogP contribution in [-0.4, -0.2) is 28.6 Å². The van der Waals surface area contributed by atoms with Crippen LogP contribution < -0.4 is 5.32 Å². The number of hydrogen-bond acceptors (Lipinski definition) is 3. The smallest absolute Gasteiger partial charge is 0.120 e. The van der Waals surface area contributed by atoms with Gasteiger partial charge in [0.15, 0.2) is 0 Å². The lowest BCUT2D eigenvalue weighted by molar-refractivity contribution is 0.190. The lowest BCUT2D eigenvalue weighted by Crippen LogP contribution is -2.42. The van der Waals surface area contributed by atoms with Crippen LogP contribution in [0.1, 0.15) is 40.9 Å². The molecule has 0 unspecified atom stereocenters. The maximum absolute atomic E-state index is 9.15. The van der Waals surface area contributed by atoms with Crippen LogP contribution in [0.5, 0.6) is 0 Å². The van der Waals surface area contributed by atoms with Gasteiger partial charge in [0.05, 0.1) is 0 Å². The fourth-order valence-corrected chi connectivity index (χ4v) is 3.63. The maximum atomic E-state index is 9.15. The molecule has 1 aliphatic heterocycles. The summed E-state index contributed by atoms with van der Waals surface area (Å²) in [6.45, 7) is 8.48. The van der Waals surface area contributed by atoms with Crippen molar-refractivity contribution in [3.8, 4) is 6.07 Å². The molecule has 1 aromatic carbocycles. The van der Waals surface area contributed by atoms with Crippen LogP contribution in [0.25, 0.3) is 0 Å². The summed E-state index contributed by atoms with van der Waals surface area (Å²) in [4.78, 5) is 2.56. The Morgan fingerprint density at radius 3 is 2.52 bits per heavy atom. The molecule has 1 saturated heterocycles. The first-order chi connectivity index (χ1) is 12.1. The van der Waals surface area contributed by atoms with Gasteiger partial charge in [-0.25, -0.2) is 0 Å². The molecule has 4 nitrogen and oxygen atoms in total. The van der Waals surface area contributed by atoms with Crippen molar-refractivity contribution in [2.75, 3.05) is 13.1 Å². The molecule has 0 radical (unpaired) electrons. The van der Waals surface area contributed by atoms with Crippen LogP contribution in [0.15, 0.2) is 30.3 Å². The summed E-state index contributed by atoms with van der Waals surface area (Å²) < 4.78 is 1.97. The molecule has 2 aromatic rings. The third kappa shape index (κ3) is 4.12. The Labute approximate surface area is 151 Å². The maximum Gasteiger partial charge on any atom is 0.120 e. The second-order valence-electron chi connectivity index (χ2n) is 7.17. The summed E-state index contributed by atoms with van der Waals surface area (Å²) >= 11 is 0. The topological polar surface area (TPSA) is 44.0 Å². The van der Waals surface area contributed by atoms with Gasteiger partial charge in [-0.3, -0.25) is 4.90 Å². The number of nitrogens with one attached hydrogen (secondary N) is 1. The van der Waals surface area contributed by atoms with Crippen LogP contribution in [0.4, 0.5) is 0 Å². The highest BCUT2D eigenvalue weighted by atomic mass is 15.1. The number of piperidine rings is 1. The highest BCUT2D eigenvalue weighted by Crippen LogP contribution is 2.18. The van der Waals surface area contributed by atoms with Gasteiger partial charge in [0, 0.05) is 31.9 Å². The number of nitriles is 1. The van der Waals surface area contributed by atoms with E-state index in [-0.39, 0.29) is 0 Å². The number of aryl methyl sites for hydroxylation is 1. The molecule has 0 saturated carbocycles. The molecule has 1 fully saturated rings. The van der Waals surface area contributed by atoms with Gasteiger partial charge in [0.1, 0.15) is 11.8 Å². The van der Waals surface area contributed by atoms with E-state index in [2.05, 4.69) is 54.4 Å². The van der Waals surface area contributed by atoms with Crippen molar-refractivity contribution in [3.05, 3.63) is 58.4 Å². The summed E-state index contributed by atoms with van der Waals surface area (Å²) in [7, 11) is 1.96. The van der Waals surface area contributed by atoms with Gasteiger partial charge in [0.25, 0.3) is 0 Å². The molecule has 4 heteroatoms. The van der Waals surface area contributed by atoms with Gasteiger partial charge in [0.2, 0.25) is 0 Å².